The van der Waals surface area contributed by atoms with Gasteiger partial charge < -0.3 is 5.32 Å². The van der Waals surface area contributed by atoms with Gasteiger partial charge in [-0.15, -0.1) is 0 Å². The van der Waals surface area contributed by atoms with E-state index in [0.29, 0.717) is 5.69 Å². The normalized spacial score (nSPS) is 10.1. The number of tetrazole rings is 1. The van der Waals surface area contributed by atoms with E-state index in [2.05, 4.69) is 25.9 Å². The number of benzene rings is 1. The standard InChI is InChI=1S/C8H8N6O2/c1-5-2-3-7(14(15)16)6(4-5)9-8-10-12-13-11-8/h2-4H,1H3,(H2,9,10,11,12,13). The second kappa shape index (κ2) is 3.93. The summed E-state index contributed by atoms with van der Waals surface area (Å²) in [6.45, 7) is 1.84. The Kier molecular flexibility index (Phi) is 2.46. The van der Waals surface area contributed by atoms with Gasteiger partial charge in [-0.2, -0.15) is 0 Å². The first-order valence-electron chi connectivity index (χ1n) is 4.42. The van der Waals surface area contributed by atoms with Crippen molar-refractivity contribution in [3.05, 3.63) is 33.9 Å². The molecule has 0 saturated heterocycles. The molecule has 8 nitrogen and oxygen atoms in total. The molecule has 2 aromatic rings. The maximum absolute atomic E-state index is 10.8. The Morgan fingerprint density at radius 3 is 2.94 bits per heavy atom. The Morgan fingerprint density at radius 1 is 1.50 bits per heavy atom. The number of anilines is 2. The van der Waals surface area contributed by atoms with E-state index in [0.717, 1.165) is 5.56 Å². The highest BCUT2D eigenvalue weighted by Gasteiger charge is 2.14. The molecule has 2 rings (SSSR count). The van der Waals surface area contributed by atoms with Crippen LogP contribution in [-0.4, -0.2) is 25.5 Å². The highest BCUT2D eigenvalue weighted by atomic mass is 16.6. The summed E-state index contributed by atoms with van der Waals surface area (Å²) in [6, 6.07) is 4.75. The Balaban J connectivity index is 2.38. The monoisotopic (exact) mass is 220 g/mol. The van der Waals surface area contributed by atoms with E-state index in [4.69, 9.17) is 0 Å². The third kappa shape index (κ3) is 1.95. The number of aromatic nitrogens is 4. The van der Waals surface area contributed by atoms with Crippen LogP contribution < -0.4 is 5.32 Å². The summed E-state index contributed by atoms with van der Waals surface area (Å²) in [4.78, 5) is 10.3. The number of hydrogen-bond acceptors (Lipinski definition) is 6. The SMILES string of the molecule is Cc1ccc([N+](=O)[O-])c(Nc2nnn[nH]2)c1. The van der Waals surface area contributed by atoms with Gasteiger partial charge in [-0.25, -0.2) is 5.10 Å². The van der Waals surface area contributed by atoms with Crippen molar-refractivity contribution in [3.63, 3.8) is 0 Å². The number of nitro groups is 1. The molecule has 1 aromatic heterocycles. The van der Waals surface area contributed by atoms with Crippen molar-refractivity contribution in [3.8, 4) is 0 Å². The zero-order valence-corrected chi connectivity index (χ0v) is 8.34. The summed E-state index contributed by atoms with van der Waals surface area (Å²) in [5.74, 6) is 0.258. The van der Waals surface area contributed by atoms with Crippen LogP contribution >= 0.6 is 0 Å². The molecule has 16 heavy (non-hydrogen) atoms. The van der Waals surface area contributed by atoms with Crippen molar-refractivity contribution in [1.29, 1.82) is 0 Å². The van der Waals surface area contributed by atoms with E-state index in [-0.39, 0.29) is 11.6 Å². The molecule has 2 N–H and O–H groups in total. The smallest absolute Gasteiger partial charge is 0.292 e. The first kappa shape index (κ1) is 10.0. The van der Waals surface area contributed by atoms with Gasteiger partial charge in [-0.3, -0.25) is 10.1 Å². The highest BCUT2D eigenvalue weighted by molar-refractivity contribution is 5.67. The van der Waals surface area contributed by atoms with Gasteiger partial charge in [-0.1, -0.05) is 11.2 Å². The van der Waals surface area contributed by atoms with Gasteiger partial charge in [0.1, 0.15) is 5.69 Å². The van der Waals surface area contributed by atoms with Crippen molar-refractivity contribution < 1.29 is 4.92 Å². The minimum Gasteiger partial charge on any atom is -0.317 e. The summed E-state index contributed by atoms with van der Waals surface area (Å²) in [5, 5.41) is 26.3. The molecule has 0 unspecified atom stereocenters. The number of nitrogens with zero attached hydrogens (tertiary/aromatic N) is 4. The molecule has 0 radical (unpaired) electrons. The van der Waals surface area contributed by atoms with Crippen LogP contribution in [0.4, 0.5) is 17.3 Å². The molecule has 0 bridgehead atoms. The Hall–Kier alpha value is -2.51. The zero-order valence-electron chi connectivity index (χ0n) is 8.34. The lowest BCUT2D eigenvalue weighted by molar-refractivity contribution is -0.383. The molecule has 0 amide bonds. The summed E-state index contributed by atoms with van der Waals surface area (Å²) in [6.07, 6.45) is 0. The molecule has 1 heterocycles. The average Bonchev–Trinajstić information content (AvgIpc) is 2.70. The summed E-state index contributed by atoms with van der Waals surface area (Å²) < 4.78 is 0. The van der Waals surface area contributed by atoms with Gasteiger partial charge in [0, 0.05) is 6.07 Å². The number of aromatic amines is 1. The molecule has 0 aliphatic carbocycles. The lowest BCUT2D eigenvalue weighted by Gasteiger charge is -2.03. The molecule has 0 saturated carbocycles. The fourth-order valence-corrected chi connectivity index (χ4v) is 1.25. The van der Waals surface area contributed by atoms with Crippen LogP contribution in [0.25, 0.3) is 0 Å². The number of nitro benzene ring substituents is 1. The lowest BCUT2D eigenvalue weighted by Crippen LogP contribution is -1.98. The molecule has 0 fully saturated rings. The van der Waals surface area contributed by atoms with E-state index in [1.54, 1.807) is 12.1 Å². The number of rotatable bonds is 3. The van der Waals surface area contributed by atoms with Crippen molar-refractivity contribution in [2.75, 3.05) is 5.32 Å². The summed E-state index contributed by atoms with van der Waals surface area (Å²) in [7, 11) is 0. The van der Waals surface area contributed by atoms with Gasteiger partial charge in [0.25, 0.3) is 5.69 Å². The predicted octanol–water partition coefficient (Wildman–Crippen LogP) is 1.16. The Morgan fingerprint density at radius 2 is 2.31 bits per heavy atom. The molecule has 0 atom stereocenters. The van der Waals surface area contributed by atoms with Crippen molar-refractivity contribution >= 4 is 17.3 Å². The Bertz CT molecular complexity index is 509. The minimum atomic E-state index is -0.467. The van der Waals surface area contributed by atoms with Crippen LogP contribution in [0.1, 0.15) is 5.56 Å². The van der Waals surface area contributed by atoms with Gasteiger partial charge in [0.15, 0.2) is 0 Å². The zero-order chi connectivity index (χ0) is 11.5. The van der Waals surface area contributed by atoms with Gasteiger partial charge in [0.05, 0.1) is 4.92 Å². The summed E-state index contributed by atoms with van der Waals surface area (Å²) >= 11 is 0. The largest absolute Gasteiger partial charge is 0.317 e. The van der Waals surface area contributed by atoms with Crippen LogP contribution in [-0.2, 0) is 0 Å². The molecule has 1 aromatic carbocycles. The molecular weight excluding hydrogens is 212 g/mol. The maximum atomic E-state index is 10.8. The fraction of sp³-hybridized carbons (Fsp3) is 0.125. The molecule has 0 aliphatic heterocycles. The highest BCUT2D eigenvalue weighted by Crippen LogP contribution is 2.26. The molecule has 0 spiro atoms. The third-order valence-corrected chi connectivity index (χ3v) is 1.95. The van der Waals surface area contributed by atoms with E-state index >= 15 is 0 Å². The first-order valence-corrected chi connectivity index (χ1v) is 4.42. The van der Waals surface area contributed by atoms with Gasteiger partial charge in [-0.05, 0) is 29.0 Å². The minimum absolute atomic E-state index is 0.0259. The second-order valence-corrected chi connectivity index (χ2v) is 3.15. The maximum Gasteiger partial charge on any atom is 0.292 e. The third-order valence-electron chi connectivity index (χ3n) is 1.95. The number of hydrogen-bond donors (Lipinski definition) is 2. The number of H-pyrrole nitrogens is 1. The quantitative estimate of drug-likeness (QED) is 0.593. The number of aryl methyl sites for hydroxylation is 1. The first-order chi connectivity index (χ1) is 7.66. The van der Waals surface area contributed by atoms with Gasteiger partial charge >= 0.3 is 0 Å². The van der Waals surface area contributed by atoms with Crippen LogP contribution in [0.5, 0.6) is 0 Å². The Labute approximate surface area is 89.8 Å². The van der Waals surface area contributed by atoms with Crippen molar-refractivity contribution in [2.45, 2.75) is 6.92 Å². The van der Waals surface area contributed by atoms with E-state index in [1.165, 1.54) is 6.07 Å². The van der Waals surface area contributed by atoms with E-state index < -0.39 is 4.92 Å². The molecule has 82 valence electrons. The fourth-order valence-electron chi connectivity index (χ4n) is 1.25. The summed E-state index contributed by atoms with van der Waals surface area (Å²) in [5.41, 5.74) is 1.23. The predicted molar refractivity (Wildman–Crippen MR) is 55.3 cm³/mol. The van der Waals surface area contributed by atoms with E-state index in [9.17, 15) is 10.1 Å². The topological polar surface area (TPSA) is 110 Å². The van der Waals surface area contributed by atoms with Crippen molar-refractivity contribution in [2.24, 2.45) is 0 Å². The molecule has 0 aliphatic rings. The van der Waals surface area contributed by atoms with Crippen LogP contribution in [0, 0.1) is 17.0 Å². The number of nitrogens with one attached hydrogen (secondary N) is 2. The van der Waals surface area contributed by atoms with Crippen LogP contribution in [0.15, 0.2) is 18.2 Å². The molecular formula is C8H8N6O2. The van der Waals surface area contributed by atoms with Crippen LogP contribution in [0.2, 0.25) is 0 Å². The van der Waals surface area contributed by atoms with Gasteiger partial charge in [0.2, 0.25) is 5.95 Å². The second-order valence-electron chi connectivity index (χ2n) is 3.15. The van der Waals surface area contributed by atoms with Crippen molar-refractivity contribution in [1.82, 2.24) is 20.6 Å². The lowest BCUT2D eigenvalue weighted by atomic mass is 10.2. The van der Waals surface area contributed by atoms with Crippen LogP contribution in [0.3, 0.4) is 0 Å². The average molecular weight is 220 g/mol. The van der Waals surface area contributed by atoms with E-state index in [1.807, 2.05) is 6.92 Å². The molecule has 8 heteroatoms.